The van der Waals surface area contributed by atoms with Gasteiger partial charge in [0.15, 0.2) is 0 Å². The number of hydrogen-bond acceptors (Lipinski definition) is 3. The molecule has 2 rings (SSSR count). The van der Waals surface area contributed by atoms with Crippen molar-refractivity contribution in [2.24, 2.45) is 5.92 Å². The molecule has 0 aromatic heterocycles. The number of amides is 1. The summed E-state index contributed by atoms with van der Waals surface area (Å²) in [6, 6.07) is 8.38. The van der Waals surface area contributed by atoms with Crippen molar-refractivity contribution in [1.29, 1.82) is 0 Å². The first-order valence-electron chi connectivity index (χ1n) is 9.25. The zero-order valence-corrected chi connectivity index (χ0v) is 15.5. The molecule has 0 atom stereocenters. The van der Waals surface area contributed by atoms with Crippen LogP contribution in [0.5, 0.6) is 5.75 Å². The third kappa shape index (κ3) is 5.82. The number of benzene rings is 1. The molecular weight excluding hydrogens is 300 g/mol. The Morgan fingerprint density at radius 3 is 2.42 bits per heavy atom. The summed E-state index contributed by atoms with van der Waals surface area (Å²) < 4.78 is 5.80. The van der Waals surface area contributed by atoms with Crippen molar-refractivity contribution >= 4 is 5.91 Å². The normalized spacial score (nSPS) is 15.1. The molecule has 0 radical (unpaired) electrons. The number of ether oxygens (including phenoxy) is 1. The Morgan fingerprint density at radius 1 is 1.12 bits per heavy atom. The molecule has 1 fully saturated rings. The summed E-state index contributed by atoms with van der Waals surface area (Å²) in [5, 5.41) is 0. The van der Waals surface area contributed by atoms with Gasteiger partial charge in [0.1, 0.15) is 5.75 Å². The third-order valence-corrected chi connectivity index (χ3v) is 4.59. The highest BCUT2D eigenvalue weighted by Crippen LogP contribution is 2.21. The molecule has 1 saturated heterocycles. The number of nitrogens with zero attached hydrogens (tertiary/aromatic N) is 2. The molecule has 1 aromatic rings. The molecule has 0 saturated carbocycles. The summed E-state index contributed by atoms with van der Waals surface area (Å²) in [6.07, 6.45) is 6.31. The highest BCUT2D eigenvalue weighted by Gasteiger charge is 2.33. The Labute approximate surface area is 146 Å². The van der Waals surface area contributed by atoms with E-state index < -0.39 is 0 Å². The topological polar surface area (TPSA) is 32.8 Å². The van der Waals surface area contributed by atoms with E-state index >= 15 is 0 Å². The number of carbonyl (C=O) groups is 1. The maximum absolute atomic E-state index is 11.8. The van der Waals surface area contributed by atoms with Crippen LogP contribution in [0.4, 0.5) is 0 Å². The number of rotatable bonds is 10. The van der Waals surface area contributed by atoms with Gasteiger partial charge in [0.05, 0.1) is 12.5 Å². The van der Waals surface area contributed by atoms with E-state index in [0.29, 0.717) is 0 Å². The zero-order valence-electron chi connectivity index (χ0n) is 15.5. The monoisotopic (exact) mass is 332 g/mol. The smallest absolute Gasteiger partial charge is 0.227 e. The van der Waals surface area contributed by atoms with Crippen LogP contribution in [0.15, 0.2) is 24.3 Å². The fourth-order valence-electron chi connectivity index (χ4n) is 3.07. The second-order valence-corrected chi connectivity index (χ2v) is 7.03. The first-order valence-corrected chi connectivity index (χ1v) is 9.25. The quantitative estimate of drug-likeness (QED) is 0.614. The van der Waals surface area contributed by atoms with Crippen LogP contribution in [0.3, 0.4) is 0 Å². The Balaban J connectivity index is 1.63. The van der Waals surface area contributed by atoms with Crippen molar-refractivity contribution in [3.05, 3.63) is 29.8 Å². The summed E-state index contributed by atoms with van der Waals surface area (Å²) >= 11 is 0. The fraction of sp³-hybridized carbons (Fsp3) is 0.650. The Morgan fingerprint density at radius 2 is 1.79 bits per heavy atom. The molecule has 1 heterocycles. The molecule has 4 nitrogen and oxygen atoms in total. The van der Waals surface area contributed by atoms with Gasteiger partial charge in [-0.15, -0.1) is 0 Å². The number of hydrogen-bond donors (Lipinski definition) is 0. The first kappa shape index (κ1) is 18.8. The number of likely N-dealkylation sites (tertiary alicyclic amines) is 1. The van der Waals surface area contributed by atoms with E-state index in [1.807, 2.05) is 14.1 Å². The molecule has 24 heavy (non-hydrogen) atoms. The lowest BCUT2D eigenvalue weighted by atomic mass is 9.98. The van der Waals surface area contributed by atoms with Gasteiger partial charge in [-0.1, -0.05) is 44.7 Å². The molecule has 1 aliphatic rings. The number of carbonyl (C=O) groups excluding carboxylic acids is 1. The van der Waals surface area contributed by atoms with E-state index in [4.69, 9.17) is 4.74 Å². The van der Waals surface area contributed by atoms with Gasteiger partial charge in [-0.2, -0.15) is 0 Å². The first-order chi connectivity index (χ1) is 11.6. The zero-order chi connectivity index (χ0) is 17.4. The SMILES string of the molecule is CCCCCCCOc1ccc(CN2CC(C(=O)N(C)C)C2)cc1. The maximum atomic E-state index is 11.8. The molecule has 0 unspecified atom stereocenters. The minimum atomic E-state index is 0.176. The molecule has 0 N–H and O–H groups in total. The van der Waals surface area contributed by atoms with Crippen molar-refractivity contribution in [1.82, 2.24) is 9.80 Å². The van der Waals surface area contributed by atoms with Gasteiger partial charge >= 0.3 is 0 Å². The van der Waals surface area contributed by atoms with Gasteiger partial charge in [-0.25, -0.2) is 0 Å². The van der Waals surface area contributed by atoms with E-state index in [1.165, 1.54) is 31.2 Å². The maximum Gasteiger partial charge on any atom is 0.227 e. The molecular formula is C20H32N2O2. The van der Waals surface area contributed by atoms with E-state index in [0.717, 1.165) is 38.4 Å². The van der Waals surface area contributed by atoms with Crippen molar-refractivity contribution < 1.29 is 9.53 Å². The summed E-state index contributed by atoms with van der Waals surface area (Å²) in [5.74, 6) is 1.38. The van der Waals surface area contributed by atoms with Crippen LogP contribution in [0.1, 0.15) is 44.6 Å². The second-order valence-electron chi connectivity index (χ2n) is 7.03. The van der Waals surface area contributed by atoms with Crippen LogP contribution >= 0.6 is 0 Å². The molecule has 1 aromatic carbocycles. The summed E-state index contributed by atoms with van der Waals surface area (Å²) in [4.78, 5) is 15.8. The summed E-state index contributed by atoms with van der Waals surface area (Å²) in [6.45, 7) is 5.69. The molecule has 1 amide bonds. The highest BCUT2D eigenvalue weighted by atomic mass is 16.5. The average Bonchev–Trinajstić information content (AvgIpc) is 2.54. The lowest BCUT2D eigenvalue weighted by Gasteiger charge is -2.39. The predicted molar refractivity (Wildman–Crippen MR) is 98.2 cm³/mol. The molecule has 4 heteroatoms. The highest BCUT2D eigenvalue weighted by molar-refractivity contribution is 5.79. The lowest BCUT2D eigenvalue weighted by molar-refractivity contribution is -0.138. The Kier molecular flexibility index (Phi) is 7.57. The molecule has 0 aliphatic carbocycles. The predicted octanol–water partition coefficient (Wildman–Crippen LogP) is 3.56. The van der Waals surface area contributed by atoms with Gasteiger partial charge in [0.25, 0.3) is 0 Å². The standard InChI is InChI=1S/C20H32N2O2/c1-4-5-6-7-8-13-24-19-11-9-17(10-12-19)14-22-15-18(16-22)20(23)21(2)3/h9-12,18H,4-8,13-16H2,1-3H3. The van der Waals surface area contributed by atoms with Crippen LogP contribution in [-0.2, 0) is 11.3 Å². The number of unbranched alkanes of at least 4 members (excludes halogenated alkanes) is 4. The fourth-order valence-corrected chi connectivity index (χ4v) is 3.07. The van der Waals surface area contributed by atoms with Crippen LogP contribution in [0.25, 0.3) is 0 Å². The summed E-state index contributed by atoms with van der Waals surface area (Å²) in [7, 11) is 3.65. The van der Waals surface area contributed by atoms with E-state index in [1.54, 1.807) is 4.90 Å². The van der Waals surface area contributed by atoms with E-state index in [2.05, 4.69) is 36.1 Å². The van der Waals surface area contributed by atoms with Gasteiger partial charge in [0.2, 0.25) is 5.91 Å². The van der Waals surface area contributed by atoms with Crippen LogP contribution < -0.4 is 4.74 Å². The van der Waals surface area contributed by atoms with Gasteiger partial charge in [-0.3, -0.25) is 9.69 Å². The Hall–Kier alpha value is -1.55. The van der Waals surface area contributed by atoms with Crippen LogP contribution in [0.2, 0.25) is 0 Å². The lowest BCUT2D eigenvalue weighted by Crippen LogP contribution is -2.52. The average molecular weight is 332 g/mol. The Bertz CT molecular complexity index is 493. The van der Waals surface area contributed by atoms with Gasteiger partial charge in [0, 0.05) is 33.7 Å². The largest absolute Gasteiger partial charge is 0.494 e. The second kappa shape index (κ2) is 9.67. The molecule has 1 aliphatic heterocycles. The van der Waals surface area contributed by atoms with Crippen molar-refractivity contribution in [2.75, 3.05) is 33.8 Å². The minimum absolute atomic E-state index is 0.176. The minimum Gasteiger partial charge on any atom is -0.494 e. The van der Waals surface area contributed by atoms with Gasteiger partial charge < -0.3 is 9.64 Å². The third-order valence-electron chi connectivity index (χ3n) is 4.59. The van der Waals surface area contributed by atoms with Crippen molar-refractivity contribution in [3.63, 3.8) is 0 Å². The van der Waals surface area contributed by atoms with Crippen molar-refractivity contribution in [2.45, 2.75) is 45.6 Å². The summed E-state index contributed by atoms with van der Waals surface area (Å²) in [5.41, 5.74) is 1.28. The molecule has 0 bridgehead atoms. The van der Waals surface area contributed by atoms with E-state index in [-0.39, 0.29) is 11.8 Å². The van der Waals surface area contributed by atoms with Crippen LogP contribution in [-0.4, -0.2) is 49.5 Å². The molecule has 134 valence electrons. The van der Waals surface area contributed by atoms with Crippen LogP contribution in [0, 0.1) is 5.92 Å². The van der Waals surface area contributed by atoms with Gasteiger partial charge in [-0.05, 0) is 24.1 Å². The molecule has 0 spiro atoms. The van der Waals surface area contributed by atoms with E-state index in [9.17, 15) is 4.79 Å². The van der Waals surface area contributed by atoms with Crippen molar-refractivity contribution in [3.8, 4) is 5.75 Å².